The van der Waals surface area contributed by atoms with Gasteiger partial charge >= 0.3 is 0 Å². The fraction of sp³-hybridized carbons (Fsp3) is 1.00. The largest absolute Gasteiger partial charge is 0.388 e. The van der Waals surface area contributed by atoms with E-state index in [2.05, 4.69) is 0 Å². The molecule has 0 aliphatic carbocycles. The summed E-state index contributed by atoms with van der Waals surface area (Å²) >= 11 is 0. The Bertz CT molecular complexity index is 538. The van der Waals surface area contributed by atoms with Crippen molar-refractivity contribution >= 4 is 0 Å². The molecule has 0 saturated carbocycles. The van der Waals surface area contributed by atoms with Crippen LogP contribution in [0.25, 0.3) is 0 Å². The first kappa shape index (κ1) is 24.1. The highest BCUT2D eigenvalue weighted by Gasteiger charge is 2.48. The fourth-order valence-corrected chi connectivity index (χ4v) is 3.71. The van der Waals surface area contributed by atoms with Crippen LogP contribution >= 0.6 is 0 Å². The van der Waals surface area contributed by atoms with Gasteiger partial charge in [-0.25, -0.2) is 0 Å². The van der Waals surface area contributed by atoms with Gasteiger partial charge < -0.3 is 63.8 Å². The van der Waals surface area contributed by atoms with Crippen LogP contribution in [0.1, 0.15) is 0 Å². The molecule has 6 N–H and O–H groups in total. The van der Waals surface area contributed by atoms with Gasteiger partial charge in [0.25, 0.3) is 0 Å². The Labute approximate surface area is 172 Å². The number of hydrogen-bond acceptors (Lipinski definition) is 13. The Morgan fingerprint density at radius 1 is 0.600 bits per heavy atom. The molecular weight excluding hydrogens is 412 g/mol. The van der Waals surface area contributed by atoms with E-state index in [4.69, 9.17) is 33.2 Å². The molecule has 30 heavy (non-hydrogen) atoms. The second-order valence-corrected chi connectivity index (χ2v) is 7.41. The maximum absolute atomic E-state index is 10.6. The van der Waals surface area contributed by atoms with Gasteiger partial charge in [0.15, 0.2) is 18.9 Å². The molecule has 3 aliphatic rings. The van der Waals surface area contributed by atoms with Gasteiger partial charge in [-0.2, -0.15) is 0 Å². The lowest BCUT2D eigenvalue weighted by atomic mass is 10.0. The zero-order valence-electron chi connectivity index (χ0n) is 16.6. The molecule has 13 heteroatoms. The summed E-state index contributed by atoms with van der Waals surface area (Å²) in [4.78, 5) is 0. The van der Waals surface area contributed by atoms with E-state index in [9.17, 15) is 30.6 Å². The van der Waals surface area contributed by atoms with E-state index in [0.29, 0.717) is 0 Å². The van der Waals surface area contributed by atoms with Crippen molar-refractivity contribution in [2.24, 2.45) is 0 Å². The fourth-order valence-electron chi connectivity index (χ4n) is 3.71. The van der Waals surface area contributed by atoms with Crippen molar-refractivity contribution in [2.45, 2.75) is 73.8 Å². The van der Waals surface area contributed by atoms with Crippen LogP contribution in [0.5, 0.6) is 0 Å². The molecule has 13 nitrogen and oxygen atoms in total. The van der Waals surface area contributed by atoms with Crippen LogP contribution in [0.3, 0.4) is 0 Å². The van der Waals surface area contributed by atoms with E-state index in [1.165, 1.54) is 14.2 Å². The predicted molar refractivity (Wildman–Crippen MR) is 92.8 cm³/mol. The van der Waals surface area contributed by atoms with Crippen molar-refractivity contribution in [3.05, 3.63) is 0 Å². The van der Waals surface area contributed by atoms with Crippen LogP contribution in [0, 0.1) is 0 Å². The molecule has 3 saturated heterocycles. The number of aliphatic hydroxyl groups is 6. The molecule has 12 atom stereocenters. The number of hydrogen-bond donors (Lipinski definition) is 6. The Morgan fingerprint density at radius 3 is 1.77 bits per heavy atom. The molecule has 0 aromatic rings. The van der Waals surface area contributed by atoms with Gasteiger partial charge in [0.05, 0.1) is 19.8 Å². The normalized spacial score (nSPS) is 50.4. The van der Waals surface area contributed by atoms with E-state index < -0.39 is 73.8 Å². The van der Waals surface area contributed by atoms with E-state index in [0.717, 1.165) is 0 Å². The first-order valence-electron chi connectivity index (χ1n) is 9.58. The van der Waals surface area contributed by atoms with Gasteiger partial charge in [0, 0.05) is 14.2 Å². The van der Waals surface area contributed by atoms with Crippen LogP contribution in [-0.2, 0) is 33.2 Å². The van der Waals surface area contributed by atoms with Crippen LogP contribution < -0.4 is 0 Å². The average molecular weight is 442 g/mol. The molecule has 3 rings (SSSR count). The van der Waals surface area contributed by atoms with Gasteiger partial charge in [0.1, 0.15) is 54.9 Å². The standard InChI is InChI=1S/C17H30O13/c1-24-13-6(18)3-27-16(11(13)21)30-8-5-28-17(12(22)14(8)25-2)29-7-4-26-15(23)10(20)9(7)19/h6-23H,3-5H2,1-2H3/t6-,7-,8-,9+,10-,11-,12-,13+,14+,15?,16+,17+/m1/s1. The van der Waals surface area contributed by atoms with E-state index in [1.54, 1.807) is 0 Å². The second-order valence-electron chi connectivity index (χ2n) is 7.41. The molecule has 0 bridgehead atoms. The van der Waals surface area contributed by atoms with Crippen LogP contribution in [0.2, 0.25) is 0 Å². The summed E-state index contributed by atoms with van der Waals surface area (Å²) in [7, 11) is 2.68. The molecule has 176 valence electrons. The van der Waals surface area contributed by atoms with Crippen molar-refractivity contribution in [2.75, 3.05) is 34.0 Å². The molecule has 0 spiro atoms. The first-order valence-corrected chi connectivity index (χ1v) is 9.58. The molecule has 0 amide bonds. The maximum Gasteiger partial charge on any atom is 0.186 e. The molecule has 3 aliphatic heterocycles. The molecule has 0 aromatic heterocycles. The smallest absolute Gasteiger partial charge is 0.186 e. The SMILES string of the molecule is CO[C@@H]1[C@@H](O)[C@H](O[C@@H]2CO[C@@H](O[C@@H]3COC(O)[C@H](O)[C@H]3O)[C@H](O)[C@H]2OC)OC[C@H]1O. The lowest BCUT2D eigenvalue weighted by molar-refractivity contribution is -0.349. The molecule has 0 aromatic carbocycles. The second kappa shape index (κ2) is 10.4. The lowest BCUT2D eigenvalue weighted by Gasteiger charge is -2.44. The minimum atomic E-state index is -1.58. The van der Waals surface area contributed by atoms with Gasteiger partial charge in [-0.3, -0.25) is 0 Å². The lowest BCUT2D eigenvalue weighted by Crippen LogP contribution is -2.62. The number of rotatable bonds is 6. The molecule has 3 heterocycles. The van der Waals surface area contributed by atoms with Gasteiger partial charge in [-0.15, -0.1) is 0 Å². The summed E-state index contributed by atoms with van der Waals surface area (Å²) in [5, 5.41) is 59.9. The Hall–Kier alpha value is -0.520. The van der Waals surface area contributed by atoms with Gasteiger partial charge in [-0.05, 0) is 0 Å². The van der Waals surface area contributed by atoms with Crippen molar-refractivity contribution in [1.29, 1.82) is 0 Å². The summed E-state index contributed by atoms with van der Waals surface area (Å²) in [5.74, 6) is 0. The minimum absolute atomic E-state index is 0.118. The number of methoxy groups -OCH3 is 2. The van der Waals surface area contributed by atoms with Crippen LogP contribution in [-0.4, -0.2) is 138 Å². The van der Waals surface area contributed by atoms with Crippen molar-refractivity contribution in [1.82, 2.24) is 0 Å². The topological polar surface area (TPSA) is 186 Å². The van der Waals surface area contributed by atoms with Gasteiger partial charge in [-0.1, -0.05) is 0 Å². The van der Waals surface area contributed by atoms with Crippen molar-refractivity contribution in [3.8, 4) is 0 Å². The quantitative estimate of drug-likeness (QED) is 0.232. The molecule has 3 fully saturated rings. The third kappa shape index (κ3) is 4.94. The summed E-state index contributed by atoms with van der Waals surface area (Å²) in [6.07, 6.45) is -14.4. The summed E-state index contributed by atoms with van der Waals surface area (Å²) in [5.41, 5.74) is 0. The summed E-state index contributed by atoms with van der Waals surface area (Å²) in [6, 6.07) is 0. The van der Waals surface area contributed by atoms with Gasteiger partial charge in [0.2, 0.25) is 0 Å². The average Bonchev–Trinajstić information content (AvgIpc) is 2.72. The number of aliphatic hydroxyl groups excluding tert-OH is 6. The highest BCUT2D eigenvalue weighted by molar-refractivity contribution is 4.90. The van der Waals surface area contributed by atoms with Crippen LogP contribution in [0.15, 0.2) is 0 Å². The van der Waals surface area contributed by atoms with Crippen molar-refractivity contribution < 1.29 is 63.8 Å². The van der Waals surface area contributed by atoms with Crippen LogP contribution in [0.4, 0.5) is 0 Å². The highest BCUT2D eigenvalue weighted by Crippen LogP contribution is 2.28. The van der Waals surface area contributed by atoms with Crippen molar-refractivity contribution in [3.63, 3.8) is 0 Å². The predicted octanol–water partition coefficient (Wildman–Crippen LogP) is -4.35. The zero-order chi connectivity index (χ0) is 22.0. The maximum atomic E-state index is 10.6. The monoisotopic (exact) mass is 442 g/mol. The summed E-state index contributed by atoms with van der Waals surface area (Å²) in [6.45, 7) is -0.470. The third-order valence-corrected chi connectivity index (χ3v) is 5.45. The Kier molecular flexibility index (Phi) is 8.36. The zero-order valence-corrected chi connectivity index (χ0v) is 16.6. The van der Waals surface area contributed by atoms with E-state index >= 15 is 0 Å². The number of ether oxygens (including phenoxy) is 7. The molecule has 0 radical (unpaired) electrons. The first-order chi connectivity index (χ1) is 14.3. The third-order valence-electron chi connectivity index (χ3n) is 5.45. The van der Waals surface area contributed by atoms with E-state index in [1.807, 2.05) is 0 Å². The highest BCUT2D eigenvalue weighted by atomic mass is 16.7. The summed E-state index contributed by atoms with van der Waals surface area (Å²) < 4.78 is 37.4. The minimum Gasteiger partial charge on any atom is -0.388 e. The van der Waals surface area contributed by atoms with E-state index in [-0.39, 0.29) is 19.8 Å². The Morgan fingerprint density at radius 2 is 1.13 bits per heavy atom. The molecule has 1 unspecified atom stereocenters. The molecular formula is C17H30O13. The Balaban J connectivity index is 1.59.